The largest absolute Gasteiger partial charge is 0.381 e. The van der Waals surface area contributed by atoms with Crippen molar-refractivity contribution in [3.8, 4) is 24.7 Å². The van der Waals surface area contributed by atoms with E-state index in [1.165, 1.54) is 0 Å². The standard InChI is InChI=1S/C12H18O7S2/c1-3-5-11(20(13,14)15)7-9-19-10-8-12(6-4-2)21(16,17)18/h1-2,11-12H,5-10H2,(H,13,14,15)(H,16,17,18)/t11-,12-/m1/s1. The van der Waals surface area contributed by atoms with Crippen LogP contribution in [-0.4, -0.2) is 49.7 Å². The quantitative estimate of drug-likeness (QED) is 0.335. The molecule has 0 aliphatic rings. The molecule has 0 fully saturated rings. The van der Waals surface area contributed by atoms with Gasteiger partial charge in [0.15, 0.2) is 0 Å². The molecule has 120 valence electrons. The zero-order chi connectivity index (χ0) is 16.5. The molecule has 0 spiro atoms. The van der Waals surface area contributed by atoms with Crippen molar-refractivity contribution >= 4 is 20.2 Å². The van der Waals surface area contributed by atoms with Crippen molar-refractivity contribution in [2.75, 3.05) is 13.2 Å². The first-order valence-electron chi connectivity index (χ1n) is 6.00. The summed E-state index contributed by atoms with van der Waals surface area (Å²) in [6.45, 7) is -0.0548. The van der Waals surface area contributed by atoms with Gasteiger partial charge in [-0.25, -0.2) is 0 Å². The Morgan fingerprint density at radius 3 is 1.43 bits per heavy atom. The van der Waals surface area contributed by atoms with E-state index in [2.05, 4.69) is 11.8 Å². The van der Waals surface area contributed by atoms with Crippen LogP contribution in [0.15, 0.2) is 0 Å². The SMILES string of the molecule is C#CC[C@H](CCOCC[C@@H](CC#C)S(=O)(=O)O)S(=O)(=O)O. The van der Waals surface area contributed by atoms with E-state index >= 15 is 0 Å². The molecule has 0 radical (unpaired) electrons. The van der Waals surface area contributed by atoms with E-state index in [0.29, 0.717) is 0 Å². The Labute approximate surface area is 125 Å². The van der Waals surface area contributed by atoms with Crippen LogP contribution < -0.4 is 0 Å². The van der Waals surface area contributed by atoms with Crippen molar-refractivity contribution in [1.82, 2.24) is 0 Å². The second-order valence-electron chi connectivity index (χ2n) is 4.28. The second kappa shape index (κ2) is 9.03. The minimum Gasteiger partial charge on any atom is -0.381 e. The molecule has 0 saturated heterocycles. The highest BCUT2D eigenvalue weighted by Gasteiger charge is 2.23. The summed E-state index contributed by atoms with van der Waals surface area (Å²) in [4.78, 5) is 0. The summed E-state index contributed by atoms with van der Waals surface area (Å²) in [5.74, 6) is 4.28. The molecular formula is C12H18O7S2. The van der Waals surface area contributed by atoms with E-state index < -0.39 is 30.7 Å². The number of ether oxygens (including phenoxy) is 1. The molecule has 0 aromatic carbocycles. The van der Waals surface area contributed by atoms with Gasteiger partial charge in [0.2, 0.25) is 0 Å². The molecule has 0 aromatic rings. The molecule has 7 nitrogen and oxygen atoms in total. The average molecular weight is 338 g/mol. The number of rotatable bonds is 10. The van der Waals surface area contributed by atoms with E-state index in [0.717, 1.165) is 0 Å². The fraction of sp³-hybridized carbons (Fsp3) is 0.667. The first-order chi connectivity index (χ1) is 9.62. The van der Waals surface area contributed by atoms with Gasteiger partial charge in [-0.1, -0.05) is 0 Å². The van der Waals surface area contributed by atoms with Crippen molar-refractivity contribution in [2.45, 2.75) is 36.2 Å². The maximum Gasteiger partial charge on any atom is 0.268 e. The first-order valence-corrected chi connectivity index (χ1v) is 9.00. The Bertz CT molecular complexity index is 538. The third-order valence-corrected chi connectivity index (χ3v) is 5.19. The molecule has 0 bridgehead atoms. The van der Waals surface area contributed by atoms with Crippen LogP contribution in [-0.2, 0) is 25.0 Å². The Morgan fingerprint density at radius 2 is 1.19 bits per heavy atom. The van der Waals surface area contributed by atoms with Gasteiger partial charge < -0.3 is 4.74 Å². The van der Waals surface area contributed by atoms with Gasteiger partial charge in [0.1, 0.15) is 0 Å². The fourth-order valence-corrected chi connectivity index (χ4v) is 2.91. The van der Waals surface area contributed by atoms with Gasteiger partial charge in [0, 0.05) is 26.1 Å². The van der Waals surface area contributed by atoms with Crippen LogP contribution in [0.2, 0.25) is 0 Å². The Kier molecular flexibility index (Phi) is 8.55. The molecule has 0 aliphatic heterocycles. The lowest BCUT2D eigenvalue weighted by Crippen LogP contribution is -2.24. The monoisotopic (exact) mass is 338 g/mol. The number of hydrogen-bond acceptors (Lipinski definition) is 5. The maximum atomic E-state index is 11.0. The Morgan fingerprint density at radius 1 is 0.857 bits per heavy atom. The predicted molar refractivity (Wildman–Crippen MR) is 77.6 cm³/mol. The van der Waals surface area contributed by atoms with Crippen LogP contribution in [0, 0.1) is 24.7 Å². The molecule has 9 heteroatoms. The lowest BCUT2D eigenvalue weighted by Gasteiger charge is -2.13. The number of terminal acetylenes is 2. The molecule has 0 saturated carbocycles. The summed E-state index contributed by atoms with van der Waals surface area (Å²) in [6, 6.07) is 0. The Balaban J connectivity index is 4.22. The minimum atomic E-state index is -4.25. The first kappa shape index (κ1) is 19.9. The van der Waals surface area contributed by atoms with Gasteiger partial charge in [-0.2, -0.15) is 16.8 Å². The van der Waals surface area contributed by atoms with Crippen molar-refractivity contribution in [3.05, 3.63) is 0 Å². The third kappa shape index (κ3) is 8.71. The van der Waals surface area contributed by atoms with Gasteiger partial charge in [-0.05, 0) is 12.8 Å². The van der Waals surface area contributed by atoms with E-state index in [4.69, 9.17) is 26.7 Å². The van der Waals surface area contributed by atoms with Gasteiger partial charge in [0.05, 0.1) is 10.5 Å². The van der Waals surface area contributed by atoms with Crippen LogP contribution in [0.25, 0.3) is 0 Å². The molecule has 0 heterocycles. The summed E-state index contributed by atoms with van der Waals surface area (Å²) in [5.41, 5.74) is 0. The number of hydrogen-bond donors (Lipinski definition) is 2. The summed E-state index contributed by atoms with van der Waals surface area (Å²) < 4.78 is 66.8. The van der Waals surface area contributed by atoms with Crippen molar-refractivity contribution in [1.29, 1.82) is 0 Å². The fourth-order valence-electron chi connectivity index (χ4n) is 1.51. The van der Waals surface area contributed by atoms with E-state index in [1.54, 1.807) is 0 Å². The van der Waals surface area contributed by atoms with Crippen LogP contribution in [0.5, 0.6) is 0 Å². The van der Waals surface area contributed by atoms with Gasteiger partial charge in [-0.15, -0.1) is 24.7 Å². The molecule has 2 atom stereocenters. The molecule has 2 N–H and O–H groups in total. The zero-order valence-electron chi connectivity index (χ0n) is 11.3. The summed E-state index contributed by atoms with van der Waals surface area (Å²) in [7, 11) is -8.49. The van der Waals surface area contributed by atoms with Crippen LogP contribution in [0.1, 0.15) is 25.7 Å². The van der Waals surface area contributed by atoms with Crippen molar-refractivity contribution in [3.63, 3.8) is 0 Å². The second-order valence-corrected chi connectivity index (χ2v) is 7.67. The minimum absolute atomic E-state index is 0.0191. The van der Waals surface area contributed by atoms with Crippen molar-refractivity contribution < 1.29 is 30.7 Å². The highest BCUT2D eigenvalue weighted by Crippen LogP contribution is 2.11. The summed E-state index contributed by atoms with van der Waals surface area (Å²) in [6.07, 6.45) is 9.67. The van der Waals surface area contributed by atoms with E-state index in [1.807, 2.05) is 0 Å². The topological polar surface area (TPSA) is 118 Å². The molecule has 0 unspecified atom stereocenters. The van der Waals surface area contributed by atoms with E-state index in [-0.39, 0.29) is 38.9 Å². The molecule has 0 rings (SSSR count). The summed E-state index contributed by atoms with van der Waals surface area (Å²) >= 11 is 0. The van der Waals surface area contributed by atoms with Crippen LogP contribution in [0.4, 0.5) is 0 Å². The average Bonchev–Trinajstić information content (AvgIpc) is 2.33. The normalized spacial score (nSPS) is 14.9. The molecule has 0 aromatic heterocycles. The van der Waals surface area contributed by atoms with Gasteiger partial charge in [0.25, 0.3) is 20.2 Å². The zero-order valence-corrected chi connectivity index (χ0v) is 12.9. The van der Waals surface area contributed by atoms with E-state index in [9.17, 15) is 16.8 Å². The predicted octanol–water partition coefficient (Wildman–Crippen LogP) is 0.343. The highest BCUT2D eigenvalue weighted by atomic mass is 32.2. The molecular weight excluding hydrogens is 320 g/mol. The third-order valence-electron chi connectivity index (χ3n) is 2.70. The van der Waals surface area contributed by atoms with Gasteiger partial charge in [-0.3, -0.25) is 9.11 Å². The lowest BCUT2D eigenvalue weighted by atomic mass is 10.2. The summed E-state index contributed by atoms with van der Waals surface area (Å²) in [5, 5.41) is -2.24. The molecule has 21 heavy (non-hydrogen) atoms. The lowest BCUT2D eigenvalue weighted by molar-refractivity contribution is 0.127. The van der Waals surface area contributed by atoms with Crippen LogP contribution >= 0.6 is 0 Å². The molecule has 0 aliphatic carbocycles. The Hall–Kier alpha value is -1.10. The van der Waals surface area contributed by atoms with Crippen LogP contribution in [0.3, 0.4) is 0 Å². The van der Waals surface area contributed by atoms with Crippen molar-refractivity contribution in [2.24, 2.45) is 0 Å². The van der Waals surface area contributed by atoms with Gasteiger partial charge >= 0.3 is 0 Å². The molecule has 0 amide bonds. The smallest absolute Gasteiger partial charge is 0.268 e. The highest BCUT2D eigenvalue weighted by molar-refractivity contribution is 7.86. The maximum absolute atomic E-state index is 11.0.